The molecule has 1 aromatic carbocycles. The van der Waals surface area contributed by atoms with Crippen molar-refractivity contribution in [2.75, 3.05) is 0 Å². The molecule has 0 aliphatic heterocycles. The van der Waals surface area contributed by atoms with Crippen LogP contribution in [0.25, 0.3) is 10.9 Å². The van der Waals surface area contributed by atoms with Crippen LogP contribution in [0.5, 0.6) is 0 Å². The zero-order chi connectivity index (χ0) is 17.7. The average molecular weight is 336 g/mol. The summed E-state index contributed by atoms with van der Waals surface area (Å²) in [5.74, 6) is 0.491. The van der Waals surface area contributed by atoms with Crippen molar-refractivity contribution >= 4 is 22.6 Å². The van der Waals surface area contributed by atoms with E-state index >= 15 is 0 Å². The second-order valence-corrected chi connectivity index (χ2v) is 6.70. The molecular formula is C19H20N4O2. The first-order chi connectivity index (χ1) is 12.0. The van der Waals surface area contributed by atoms with Gasteiger partial charge in [-0.05, 0) is 38.0 Å². The van der Waals surface area contributed by atoms with Crippen LogP contribution in [-0.2, 0) is 20.0 Å². The third-order valence-corrected chi connectivity index (χ3v) is 5.29. The SMILES string of the molecule is Cc1nccn1CC1CCc2c(c3cc(C(N)=O)ccc3n2C)C1=O. The Kier molecular flexibility index (Phi) is 3.49. The number of carbonyl (C=O) groups excluding carboxylic acids is 2. The molecule has 0 saturated carbocycles. The van der Waals surface area contributed by atoms with Gasteiger partial charge in [0.15, 0.2) is 5.78 Å². The highest BCUT2D eigenvalue weighted by molar-refractivity contribution is 6.12. The van der Waals surface area contributed by atoms with Gasteiger partial charge in [-0.1, -0.05) is 0 Å². The zero-order valence-electron chi connectivity index (χ0n) is 14.3. The highest BCUT2D eigenvalue weighted by atomic mass is 16.1. The molecule has 6 nitrogen and oxygen atoms in total. The Labute approximate surface area is 145 Å². The molecule has 0 fully saturated rings. The Balaban J connectivity index is 1.80. The molecule has 6 heteroatoms. The summed E-state index contributed by atoms with van der Waals surface area (Å²) in [6.45, 7) is 2.58. The number of primary amides is 1. The van der Waals surface area contributed by atoms with Crippen molar-refractivity contribution in [1.82, 2.24) is 14.1 Å². The van der Waals surface area contributed by atoms with E-state index in [1.807, 2.05) is 30.8 Å². The van der Waals surface area contributed by atoms with Gasteiger partial charge in [0.05, 0.1) is 0 Å². The summed E-state index contributed by atoms with van der Waals surface area (Å²) in [7, 11) is 1.97. The fraction of sp³-hybridized carbons (Fsp3) is 0.316. The Bertz CT molecular complexity index is 1010. The van der Waals surface area contributed by atoms with E-state index in [2.05, 4.69) is 9.55 Å². The Morgan fingerprint density at radius 2 is 2.20 bits per heavy atom. The molecule has 128 valence electrons. The first-order valence-electron chi connectivity index (χ1n) is 8.40. The minimum atomic E-state index is -0.478. The number of nitrogens with two attached hydrogens (primary N) is 1. The highest BCUT2D eigenvalue weighted by Crippen LogP contribution is 2.35. The Hall–Kier alpha value is -2.89. The number of carbonyl (C=O) groups is 2. The van der Waals surface area contributed by atoms with Gasteiger partial charge in [-0.2, -0.15) is 0 Å². The van der Waals surface area contributed by atoms with Crippen LogP contribution < -0.4 is 5.73 Å². The van der Waals surface area contributed by atoms with Crippen LogP contribution in [0.2, 0.25) is 0 Å². The standard InChI is InChI=1S/C19H20N4O2/c1-11-21-7-8-23(11)10-13-4-6-16-17(18(13)24)14-9-12(19(20)25)3-5-15(14)22(16)2/h3,5,7-9,13H,4,6,10H2,1-2H3,(H2,20,25). The predicted molar refractivity (Wildman–Crippen MR) is 94.5 cm³/mol. The molecule has 1 aliphatic rings. The van der Waals surface area contributed by atoms with E-state index in [4.69, 9.17) is 5.73 Å². The van der Waals surface area contributed by atoms with E-state index in [0.717, 1.165) is 40.8 Å². The van der Waals surface area contributed by atoms with E-state index in [1.165, 1.54) is 0 Å². The lowest BCUT2D eigenvalue weighted by Gasteiger charge is -2.23. The molecule has 0 bridgehead atoms. The Morgan fingerprint density at radius 3 is 2.88 bits per heavy atom. The van der Waals surface area contributed by atoms with Crippen LogP contribution in [0.1, 0.15) is 38.7 Å². The molecule has 2 aromatic heterocycles. The number of imidazole rings is 1. The lowest BCUT2D eigenvalue weighted by molar-refractivity contribution is 0.0887. The van der Waals surface area contributed by atoms with Gasteiger partial charge >= 0.3 is 0 Å². The fourth-order valence-corrected chi connectivity index (χ4v) is 3.87. The van der Waals surface area contributed by atoms with Crippen molar-refractivity contribution in [3.8, 4) is 0 Å². The summed E-state index contributed by atoms with van der Waals surface area (Å²) in [6.07, 6.45) is 5.32. The molecular weight excluding hydrogens is 316 g/mol. The number of aromatic nitrogens is 3. The monoisotopic (exact) mass is 336 g/mol. The smallest absolute Gasteiger partial charge is 0.248 e. The second kappa shape index (κ2) is 5.58. The largest absolute Gasteiger partial charge is 0.366 e. The van der Waals surface area contributed by atoms with Crippen LogP contribution >= 0.6 is 0 Å². The summed E-state index contributed by atoms with van der Waals surface area (Å²) in [5.41, 5.74) is 8.60. The van der Waals surface area contributed by atoms with Crippen LogP contribution in [0.15, 0.2) is 30.6 Å². The van der Waals surface area contributed by atoms with Gasteiger partial charge in [-0.3, -0.25) is 9.59 Å². The van der Waals surface area contributed by atoms with E-state index < -0.39 is 5.91 Å². The van der Waals surface area contributed by atoms with Crippen LogP contribution in [0.4, 0.5) is 0 Å². The number of benzene rings is 1. The Morgan fingerprint density at radius 1 is 1.40 bits per heavy atom. The lowest BCUT2D eigenvalue weighted by Crippen LogP contribution is -2.27. The first kappa shape index (κ1) is 15.6. The van der Waals surface area contributed by atoms with Crippen molar-refractivity contribution in [2.45, 2.75) is 26.3 Å². The first-order valence-corrected chi connectivity index (χ1v) is 8.40. The van der Waals surface area contributed by atoms with Crippen LogP contribution in [0, 0.1) is 12.8 Å². The van der Waals surface area contributed by atoms with Crippen molar-refractivity contribution in [3.05, 3.63) is 53.2 Å². The summed E-state index contributed by atoms with van der Waals surface area (Å²) in [6, 6.07) is 5.34. The third kappa shape index (κ3) is 2.36. The molecule has 1 amide bonds. The van der Waals surface area contributed by atoms with E-state index in [9.17, 15) is 9.59 Å². The maximum atomic E-state index is 13.2. The summed E-state index contributed by atoms with van der Waals surface area (Å²) in [4.78, 5) is 29.0. The number of Topliss-reactive ketones (excluding diaryl/α,β-unsaturated/α-hetero) is 1. The van der Waals surface area contributed by atoms with E-state index in [-0.39, 0.29) is 11.7 Å². The molecule has 0 saturated heterocycles. The minimum Gasteiger partial charge on any atom is -0.366 e. The van der Waals surface area contributed by atoms with Gasteiger partial charge in [0, 0.05) is 59.6 Å². The number of ketones is 1. The molecule has 0 spiro atoms. The molecule has 0 radical (unpaired) electrons. The molecule has 25 heavy (non-hydrogen) atoms. The quantitative estimate of drug-likeness (QED) is 0.796. The van der Waals surface area contributed by atoms with Crippen molar-refractivity contribution in [3.63, 3.8) is 0 Å². The summed E-state index contributed by atoms with van der Waals surface area (Å²) in [5, 5.41) is 0.825. The second-order valence-electron chi connectivity index (χ2n) is 6.70. The van der Waals surface area contributed by atoms with Crippen molar-refractivity contribution in [1.29, 1.82) is 0 Å². The maximum absolute atomic E-state index is 13.2. The highest BCUT2D eigenvalue weighted by Gasteiger charge is 2.32. The predicted octanol–water partition coefficient (Wildman–Crippen LogP) is 2.23. The number of hydrogen-bond donors (Lipinski definition) is 1. The molecule has 2 heterocycles. The number of hydrogen-bond acceptors (Lipinski definition) is 3. The van der Waals surface area contributed by atoms with E-state index in [0.29, 0.717) is 12.1 Å². The van der Waals surface area contributed by atoms with Gasteiger partial charge in [0.2, 0.25) is 5.91 Å². The number of nitrogens with zero attached hydrogens (tertiary/aromatic N) is 3. The van der Waals surface area contributed by atoms with Gasteiger partial charge in [0.25, 0.3) is 0 Å². The van der Waals surface area contributed by atoms with Gasteiger partial charge < -0.3 is 14.9 Å². The van der Waals surface area contributed by atoms with Crippen molar-refractivity contribution < 1.29 is 9.59 Å². The fourth-order valence-electron chi connectivity index (χ4n) is 3.87. The van der Waals surface area contributed by atoms with Crippen LogP contribution in [-0.4, -0.2) is 25.8 Å². The summed E-state index contributed by atoms with van der Waals surface area (Å²) < 4.78 is 4.08. The van der Waals surface area contributed by atoms with E-state index in [1.54, 1.807) is 18.3 Å². The topological polar surface area (TPSA) is 82.9 Å². The van der Waals surface area contributed by atoms with Gasteiger partial charge in [0.1, 0.15) is 5.82 Å². The molecule has 2 N–H and O–H groups in total. The maximum Gasteiger partial charge on any atom is 0.248 e. The van der Waals surface area contributed by atoms with Gasteiger partial charge in [-0.15, -0.1) is 0 Å². The molecule has 1 unspecified atom stereocenters. The lowest BCUT2D eigenvalue weighted by atomic mass is 9.84. The zero-order valence-corrected chi connectivity index (χ0v) is 14.3. The number of fused-ring (bicyclic) bond motifs is 3. The number of rotatable bonds is 3. The number of amides is 1. The van der Waals surface area contributed by atoms with Crippen molar-refractivity contribution in [2.24, 2.45) is 18.7 Å². The third-order valence-electron chi connectivity index (χ3n) is 5.29. The van der Waals surface area contributed by atoms with Gasteiger partial charge in [-0.25, -0.2) is 4.98 Å². The molecule has 3 aromatic rings. The molecule has 4 rings (SSSR count). The van der Waals surface area contributed by atoms with Crippen LogP contribution in [0.3, 0.4) is 0 Å². The molecule has 1 atom stereocenters. The average Bonchev–Trinajstić information content (AvgIpc) is 3.12. The summed E-state index contributed by atoms with van der Waals surface area (Å²) >= 11 is 0. The molecule has 1 aliphatic carbocycles. The normalized spacial score (nSPS) is 17.0. The number of aryl methyl sites for hydroxylation is 2. The minimum absolute atomic E-state index is 0.0803.